The second-order valence-electron chi connectivity index (χ2n) is 6.21. The number of aromatic nitrogens is 2. The summed E-state index contributed by atoms with van der Waals surface area (Å²) in [6.45, 7) is 5.23. The molecule has 1 aromatic rings. The van der Waals surface area contributed by atoms with E-state index < -0.39 is 0 Å². The Morgan fingerprint density at radius 1 is 1.45 bits per heavy atom. The first-order valence-corrected chi connectivity index (χ1v) is 7.71. The lowest BCUT2D eigenvalue weighted by Crippen LogP contribution is -2.44. The topological polar surface area (TPSA) is 50.2 Å². The third kappa shape index (κ3) is 3.39. The Labute approximate surface area is 120 Å². The molecule has 0 aromatic carbocycles. The maximum atomic E-state index is 12.2. The van der Waals surface area contributed by atoms with Gasteiger partial charge in [-0.3, -0.25) is 9.48 Å². The molecule has 1 amide bonds. The number of aryl methyl sites for hydroxylation is 1. The maximum Gasteiger partial charge on any atom is 0.236 e. The van der Waals surface area contributed by atoms with Crippen molar-refractivity contribution < 1.29 is 4.79 Å². The van der Waals surface area contributed by atoms with Crippen molar-refractivity contribution >= 4 is 5.91 Å². The van der Waals surface area contributed by atoms with Gasteiger partial charge in [-0.1, -0.05) is 0 Å². The van der Waals surface area contributed by atoms with Crippen LogP contribution in [0.15, 0.2) is 12.4 Å². The van der Waals surface area contributed by atoms with Gasteiger partial charge < -0.3 is 10.2 Å². The molecule has 0 radical (unpaired) electrons. The summed E-state index contributed by atoms with van der Waals surface area (Å²) in [6, 6.07) is 0.338. The average molecular weight is 276 g/mol. The molecular weight excluding hydrogens is 252 g/mol. The molecule has 1 saturated heterocycles. The van der Waals surface area contributed by atoms with Gasteiger partial charge in [0.2, 0.25) is 5.91 Å². The molecule has 20 heavy (non-hydrogen) atoms. The summed E-state index contributed by atoms with van der Waals surface area (Å²) >= 11 is 0. The number of carbonyl (C=O) groups is 1. The van der Waals surface area contributed by atoms with Gasteiger partial charge in [0, 0.05) is 19.3 Å². The van der Waals surface area contributed by atoms with E-state index in [-0.39, 0.29) is 5.91 Å². The normalized spacial score (nSPS) is 23.1. The summed E-state index contributed by atoms with van der Waals surface area (Å²) in [5.41, 5.74) is 1.18. The molecule has 1 saturated carbocycles. The first kappa shape index (κ1) is 13.6. The Morgan fingerprint density at radius 2 is 2.30 bits per heavy atom. The monoisotopic (exact) mass is 276 g/mol. The highest BCUT2D eigenvalue weighted by Gasteiger charge is 2.26. The van der Waals surface area contributed by atoms with Crippen molar-refractivity contribution in [3.8, 4) is 0 Å². The van der Waals surface area contributed by atoms with Crippen LogP contribution in [0.1, 0.15) is 37.3 Å². The highest BCUT2D eigenvalue weighted by molar-refractivity contribution is 5.78. The molecule has 110 valence electrons. The van der Waals surface area contributed by atoms with Crippen LogP contribution >= 0.6 is 0 Å². The van der Waals surface area contributed by atoms with Crippen LogP contribution < -0.4 is 5.32 Å². The van der Waals surface area contributed by atoms with E-state index >= 15 is 0 Å². The molecule has 5 nitrogen and oxygen atoms in total. The minimum absolute atomic E-state index is 0.235. The molecule has 1 aliphatic carbocycles. The molecule has 1 aliphatic heterocycles. The number of hydrogen-bond acceptors (Lipinski definition) is 3. The summed E-state index contributed by atoms with van der Waals surface area (Å²) in [5, 5.41) is 7.68. The number of nitrogens with zero attached hydrogens (tertiary/aromatic N) is 3. The number of nitrogens with one attached hydrogen (secondary N) is 1. The number of piperidine rings is 1. The minimum Gasteiger partial charge on any atom is -0.339 e. The zero-order valence-corrected chi connectivity index (χ0v) is 12.2. The van der Waals surface area contributed by atoms with Crippen LogP contribution in [0.4, 0.5) is 0 Å². The third-order valence-electron chi connectivity index (χ3n) is 4.26. The Balaban J connectivity index is 1.50. The summed E-state index contributed by atoms with van der Waals surface area (Å²) in [7, 11) is 0. The van der Waals surface area contributed by atoms with E-state index in [1.54, 1.807) is 0 Å². The van der Waals surface area contributed by atoms with Gasteiger partial charge in [-0.25, -0.2) is 0 Å². The number of likely N-dealkylation sites (tertiary alicyclic amines) is 1. The molecule has 2 heterocycles. The van der Waals surface area contributed by atoms with Crippen molar-refractivity contribution in [3.63, 3.8) is 0 Å². The van der Waals surface area contributed by atoms with Crippen LogP contribution in [-0.2, 0) is 4.79 Å². The summed E-state index contributed by atoms with van der Waals surface area (Å²) < 4.78 is 2.02. The van der Waals surface area contributed by atoms with E-state index in [1.165, 1.54) is 18.4 Å². The first-order valence-electron chi connectivity index (χ1n) is 7.71. The van der Waals surface area contributed by atoms with E-state index in [9.17, 15) is 4.79 Å². The van der Waals surface area contributed by atoms with E-state index in [0.717, 1.165) is 38.4 Å². The molecule has 0 bridgehead atoms. The van der Waals surface area contributed by atoms with Gasteiger partial charge in [0.05, 0.1) is 18.8 Å². The number of carbonyl (C=O) groups excluding carboxylic acids is 1. The Bertz CT molecular complexity index is 466. The van der Waals surface area contributed by atoms with Crippen LogP contribution in [0.3, 0.4) is 0 Å². The summed E-state index contributed by atoms with van der Waals surface area (Å²) in [5.74, 6) is 1.06. The largest absolute Gasteiger partial charge is 0.339 e. The fraction of sp³-hybridized carbons (Fsp3) is 0.733. The molecule has 1 unspecified atom stereocenters. The highest BCUT2D eigenvalue weighted by atomic mass is 16.2. The van der Waals surface area contributed by atoms with Crippen LogP contribution in [0, 0.1) is 12.8 Å². The molecule has 3 rings (SSSR count). The van der Waals surface area contributed by atoms with Crippen LogP contribution in [0.5, 0.6) is 0 Å². The average Bonchev–Trinajstić information content (AvgIpc) is 3.18. The minimum atomic E-state index is 0.235. The van der Waals surface area contributed by atoms with Crippen molar-refractivity contribution in [1.29, 1.82) is 0 Å². The van der Waals surface area contributed by atoms with E-state index in [1.807, 2.05) is 15.8 Å². The van der Waals surface area contributed by atoms with Crippen molar-refractivity contribution in [2.24, 2.45) is 5.92 Å². The van der Waals surface area contributed by atoms with Gasteiger partial charge in [-0.05, 0) is 50.6 Å². The van der Waals surface area contributed by atoms with Crippen molar-refractivity contribution in [2.75, 3.05) is 26.2 Å². The van der Waals surface area contributed by atoms with E-state index in [4.69, 9.17) is 0 Å². The lowest BCUT2D eigenvalue weighted by Gasteiger charge is -2.33. The molecule has 2 aliphatic rings. The zero-order chi connectivity index (χ0) is 13.9. The van der Waals surface area contributed by atoms with E-state index in [2.05, 4.69) is 23.5 Å². The second kappa shape index (κ2) is 5.95. The summed E-state index contributed by atoms with van der Waals surface area (Å²) in [6.07, 6.45) is 8.79. The fourth-order valence-electron chi connectivity index (χ4n) is 2.85. The number of amides is 1. The SMILES string of the molecule is Cc1cnn(C2CCCN(C(=O)CNCC3CC3)C2)c1. The van der Waals surface area contributed by atoms with Gasteiger partial charge in [0.15, 0.2) is 0 Å². The van der Waals surface area contributed by atoms with Gasteiger partial charge >= 0.3 is 0 Å². The van der Waals surface area contributed by atoms with E-state index in [0.29, 0.717) is 12.6 Å². The molecule has 0 spiro atoms. The lowest BCUT2D eigenvalue weighted by atomic mass is 10.1. The third-order valence-corrected chi connectivity index (χ3v) is 4.26. The predicted molar refractivity (Wildman–Crippen MR) is 77.4 cm³/mol. The molecule has 5 heteroatoms. The fourth-order valence-corrected chi connectivity index (χ4v) is 2.85. The Morgan fingerprint density at radius 3 is 3.00 bits per heavy atom. The predicted octanol–water partition coefficient (Wildman–Crippen LogP) is 1.35. The molecule has 1 atom stereocenters. The van der Waals surface area contributed by atoms with Crippen molar-refractivity contribution in [1.82, 2.24) is 20.0 Å². The van der Waals surface area contributed by atoms with Crippen molar-refractivity contribution in [3.05, 3.63) is 18.0 Å². The molecule has 1 N–H and O–H groups in total. The lowest BCUT2D eigenvalue weighted by molar-refractivity contribution is -0.131. The Kier molecular flexibility index (Phi) is 4.05. The summed E-state index contributed by atoms with van der Waals surface area (Å²) in [4.78, 5) is 14.2. The first-order chi connectivity index (χ1) is 9.72. The maximum absolute atomic E-state index is 12.2. The highest BCUT2D eigenvalue weighted by Crippen LogP contribution is 2.27. The quantitative estimate of drug-likeness (QED) is 0.883. The molecule has 1 aromatic heterocycles. The standard InChI is InChI=1S/C15H24N4O/c1-12-7-17-19(10-12)14-3-2-6-18(11-14)15(20)9-16-8-13-4-5-13/h7,10,13-14,16H,2-6,8-9,11H2,1H3. The van der Waals surface area contributed by atoms with Gasteiger partial charge in [0.25, 0.3) is 0 Å². The zero-order valence-electron chi connectivity index (χ0n) is 12.2. The number of rotatable bonds is 5. The molecule has 2 fully saturated rings. The number of hydrogen-bond donors (Lipinski definition) is 1. The van der Waals surface area contributed by atoms with Gasteiger partial charge in [-0.2, -0.15) is 5.10 Å². The Hall–Kier alpha value is -1.36. The van der Waals surface area contributed by atoms with Gasteiger partial charge in [-0.15, -0.1) is 0 Å². The van der Waals surface area contributed by atoms with Crippen LogP contribution in [0.25, 0.3) is 0 Å². The molecular formula is C15H24N4O. The second-order valence-corrected chi connectivity index (χ2v) is 6.21. The van der Waals surface area contributed by atoms with Crippen LogP contribution in [0.2, 0.25) is 0 Å². The smallest absolute Gasteiger partial charge is 0.236 e. The van der Waals surface area contributed by atoms with Gasteiger partial charge in [0.1, 0.15) is 0 Å². The van der Waals surface area contributed by atoms with Crippen LogP contribution in [-0.4, -0.2) is 46.8 Å². The van der Waals surface area contributed by atoms with Crippen molar-refractivity contribution in [2.45, 2.75) is 38.6 Å².